The van der Waals surface area contributed by atoms with E-state index in [-0.39, 0.29) is 13.1 Å². The normalized spacial score (nSPS) is 12.0. The number of amides is 1. The van der Waals surface area contributed by atoms with Gasteiger partial charge in [-0.2, -0.15) is 0 Å². The molecule has 0 saturated carbocycles. The van der Waals surface area contributed by atoms with E-state index >= 15 is 0 Å². The van der Waals surface area contributed by atoms with Gasteiger partial charge in [0.2, 0.25) is 5.91 Å². The van der Waals surface area contributed by atoms with Crippen molar-refractivity contribution in [2.45, 2.75) is 5.92 Å². The highest BCUT2D eigenvalue weighted by Gasteiger charge is 2.18. The monoisotopic (exact) mass is 222 g/mol. The number of hydrogen-bond donors (Lipinski definition) is 3. The van der Waals surface area contributed by atoms with Crippen LogP contribution in [-0.2, 0) is 9.59 Å². The maximum absolute atomic E-state index is 11.0. The predicted molar refractivity (Wildman–Crippen MR) is 58.9 cm³/mol. The van der Waals surface area contributed by atoms with Gasteiger partial charge in [-0.3, -0.25) is 9.59 Å². The standard InChI is InChI=1S/C11H14N2O3/c12-10(14)7-13-6-9(11(15)16)8-4-2-1-3-5-8/h1-5,9,13H,6-7H2,(H2,12,14)(H,15,16). The van der Waals surface area contributed by atoms with Crippen LogP contribution in [0.15, 0.2) is 30.3 Å². The molecule has 0 aromatic heterocycles. The van der Waals surface area contributed by atoms with Crippen LogP contribution in [-0.4, -0.2) is 30.1 Å². The van der Waals surface area contributed by atoms with Crippen molar-refractivity contribution in [2.75, 3.05) is 13.1 Å². The average molecular weight is 222 g/mol. The van der Waals surface area contributed by atoms with Gasteiger partial charge in [-0.25, -0.2) is 0 Å². The van der Waals surface area contributed by atoms with Crippen LogP contribution in [0.4, 0.5) is 0 Å². The van der Waals surface area contributed by atoms with Gasteiger partial charge in [0.05, 0.1) is 12.5 Å². The summed E-state index contributed by atoms with van der Waals surface area (Å²) in [7, 11) is 0. The summed E-state index contributed by atoms with van der Waals surface area (Å²) in [6.45, 7) is 0.166. The van der Waals surface area contributed by atoms with E-state index in [4.69, 9.17) is 10.8 Å². The van der Waals surface area contributed by atoms with Crippen molar-refractivity contribution >= 4 is 11.9 Å². The first-order valence-corrected chi connectivity index (χ1v) is 4.88. The van der Waals surface area contributed by atoms with E-state index in [2.05, 4.69) is 5.32 Å². The van der Waals surface area contributed by atoms with Crippen LogP contribution < -0.4 is 11.1 Å². The molecule has 1 unspecified atom stereocenters. The molecule has 0 aliphatic rings. The lowest BCUT2D eigenvalue weighted by Crippen LogP contribution is -2.33. The van der Waals surface area contributed by atoms with Crippen molar-refractivity contribution in [3.8, 4) is 0 Å². The van der Waals surface area contributed by atoms with Crippen molar-refractivity contribution < 1.29 is 14.7 Å². The Balaban J connectivity index is 2.62. The van der Waals surface area contributed by atoms with Gasteiger partial charge in [0.15, 0.2) is 0 Å². The number of carbonyl (C=O) groups excluding carboxylic acids is 1. The van der Waals surface area contributed by atoms with Crippen molar-refractivity contribution in [1.29, 1.82) is 0 Å². The number of carboxylic acid groups (broad SMARTS) is 1. The number of hydrogen-bond acceptors (Lipinski definition) is 3. The zero-order chi connectivity index (χ0) is 12.0. The molecule has 1 amide bonds. The minimum Gasteiger partial charge on any atom is -0.481 e. The lowest BCUT2D eigenvalue weighted by Gasteiger charge is -2.12. The van der Waals surface area contributed by atoms with Crippen LogP contribution in [0.3, 0.4) is 0 Å². The summed E-state index contributed by atoms with van der Waals surface area (Å²) < 4.78 is 0. The first-order chi connectivity index (χ1) is 7.61. The van der Waals surface area contributed by atoms with Crippen molar-refractivity contribution in [1.82, 2.24) is 5.32 Å². The summed E-state index contributed by atoms with van der Waals surface area (Å²) in [6.07, 6.45) is 0. The van der Waals surface area contributed by atoms with Gasteiger partial charge >= 0.3 is 5.97 Å². The Bertz CT molecular complexity index is 365. The number of benzene rings is 1. The molecule has 16 heavy (non-hydrogen) atoms. The van der Waals surface area contributed by atoms with Crippen LogP contribution in [0.2, 0.25) is 0 Å². The largest absolute Gasteiger partial charge is 0.481 e. The van der Waals surface area contributed by atoms with Crippen molar-refractivity contribution in [2.24, 2.45) is 5.73 Å². The van der Waals surface area contributed by atoms with Crippen molar-refractivity contribution in [3.63, 3.8) is 0 Å². The van der Waals surface area contributed by atoms with E-state index in [0.29, 0.717) is 5.56 Å². The van der Waals surface area contributed by atoms with Gasteiger partial charge in [0.1, 0.15) is 0 Å². The Labute approximate surface area is 93.3 Å². The highest BCUT2D eigenvalue weighted by atomic mass is 16.4. The van der Waals surface area contributed by atoms with Crippen LogP contribution in [0.5, 0.6) is 0 Å². The molecule has 4 N–H and O–H groups in total. The SMILES string of the molecule is NC(=O)CNCC(C(=O)O)c1ccccc1. The number of carbonyl (C=O) groups is 2. The zero-order valence-electron chi connectivity index (χ0n) is 8.72. The average Bonchev–Trinajstić information content (AvgIpc) is 2.25. The molecular weight excluding hydrogens is 208 g/mol. The molecule has 0 radical (unpaired) electrons. The molecule has 5 nitrogen and oxygen atoms in total. The number of nitrogens with two attached hydrogens (primary N) is 1. The topological polar surface area (TPSA) is 92.4 Å². The Hall–Kier alpha value is -1.88. The Kier molecular flexibility index (Phi) is 4.47. The van der Waals surface area contributed by atoms with Crippen LogP contribution in [0, 0.1) is 0 Å². The summed E-state index contributed by atoms with van der Waals surface area (Å²) in [5.41, 5.74) is 5.65. The van der Waals surface area contributed by atoms with Gasteiger partial charge in [0, 0.05) is 6.54 Å². The molecule has 1 aromatic rings. The Morgan fingerprint density at radius 3 is 2.44 bits per heavy atom. The van der Waals surface area contributed by atoms with Gasteiger partial charge in [-0.05, 0) is 5.56 Å². The molecule has 0 saturated heterocycles. The Morgan fingerprint density at radius 1 is 1.31 bits per heavy atom. The van der Waals surface area contributed by atoms with Crippen molar-refractivity contribution in [3.05, 3.63) is 35.9 Å². The molecule has 0 heterocycles. The summed E-state index contributed by atoms with van der Waals surface area (Å²) in [5.74, 6) is -2.10. The highest BCUT2D eigenvalue weighted by Crippen LogP contribution is 2.14. The van der Waals surface area contributed by atoms with E-state index in [9.17, 15) is 9.59 Å². The summed E-state index contributed by atoms with van der Waals surface area (Å²) >= 11 is 0. The van der Waals surface area contributed by atoms with Gasteiger partial charge in [0.25, 0.3) is 0 Å². The van der Waals surface area contributed by atoms with Crippen LogP contribution in [0.1, 0.15) is 11.5 Å². The quantitative estimate of drug-likeness (QED) is 0.628. The fourth-order valence-electron chi connectivity index (χ4n) is 1.37. The lowest BCUT2D eigenvalue weighted by atomic mass is 9.99. The first-order valence-electron chi connectivity index (χ1n) is 4.88. The number of rotatable bonds is 6. The maximum atomic E-state index is 11.0. The summed E-state index contributed by atoms with van der Waals surface area (Å²) in [4.78, 5) is 21.5. The van der Waals surface area contributed by atoms with Crippen LogP contribution >= 0.6 is 0 Å². The van der Waals surface area contributed by atoms with E-state index in [1.54, 1.807) is 24.3 Å². The Morgan fingerprint density at radius 2 is 1.94 bits per heavy atom. The number of carboxylic acids is 1. The molecular formula is C11H14N2O3. The third kappa shape index (κ3) is 3.70. The molecule has 0 aliphatic carbocycles. The molecule has 0 fully saturated rings. The summed E-state index contributed by atoms with van der Waals surface area (Å²) in [6, 6.07) is 8.85. The third-order valence-corrected chi connectivity index (χ3v) is 2.15. The molecule has 0 spiro atoms. The molecule has 1 rings (SSSR count). The molecule has 0 aliphatic heterocycles. The van der Waals surface area contributed by atoms with Gasteiger partial charge in [-0.15, -0.1) is 0 Å². The zero-order valence-corrected chi connectivity index (χ0v) is 8.72. The summed E-state index contributed by atoms with van der Waals surface area (Å²) in [5, 5.41) is 11.7. The lowest BCUT2D eigenvalue weighted by molar-refractivity contribution is -0.138. The smallest absolute Gasteiger partial charge is 0.312 e. The second kappa shape index (κ2) is 5.87. The number of aliphatic carboxylic acids is 1. The first kappa shape index (κ1) is 12.2. The van der Waals surface area contributed by atoms with E-state index in [1.807, 2.05) is 6.07 Å². The molecule has 86 valence electrons. The minimum absolute atomic E-state index is 0.0172. The third-order valence-electron chi connectivity index (χ3n) is 2.15. The van der Waals surface area contributed by atoms with E-state index < -0.39 is 17.8 Å². The second-order valence-electron chi connectivity index (χ2n) is 3.40. The number of nitrogens with one attached hydrogen (secondary N) is 1. The second-order valence-corrected chi connectivity index (χ2v) is 3.40. The molecule has 0 bridgehead atoms. The molecule has 1 aromatic carbocycles. The van der Waals surface area contributed by atoms with Gasteiger partial charge in [-0.1, -0.05) is 30.3 Å². The predicted octanol–water partition coefficient (Wildman–Crippen LogP) is -0.0703. The van der Waals surface area contributed by atoms with Crippen LogP contribution in [0.25, 0.3) is 0 Å². The number of primary amides is 1. The fourth-order valence-corrected chi connectivity index (χ4v) is 1.37. The van der Waals surface area contributed by atoms with E-state index in [1.165, 1.54) is 0 Å². The molecule has 1 atom stereocenters. The van der Waals surface area contributed by atoms with Gasteiger partial charge < -0.3 is 16.2 Å². The molecule has 5 heteroatoms. The minimum atomic E-state index is -0.928. The highest BCUT2D eigenvalue weighted by molar-refractivity contribution is 5.77. The van der Waals surface area contributed by atoms with E-state index in [0.717, 1.165) is 0 Å². The maximum Gasteiger partial charge on any atom is 0.312 e. The fraction of sp³-hybridized carbons (Fsp3) is 0.273.